The van der Waals surface area contributed by atoms with Gasteiger partial charge in [0.25, 0.3) is 5.56 Å². The van der Waals surface area contributed by atoms with Crippen molar-refractivity contribution in [2.45, 2.75) is 46.2 Å². The lowest BCUT2D eigenvalue weighted by atomic mass is 10.2. The molecule has 0 saturated carbocycles. The Kier molecular flexibility index (Phi) is 4.36. The third-order valence-electron chi connectivity index (χ3n) is 4.70. The van der Waals surface area contributed by atoms with Crippen molar-refractivity contribution in [1.82, 2.24) is 18.7 Å². The van der Waals surface area contributed by atoms with Crippen LogP contribution in [0.1, 0.15) is 39.7 Å². The van der Waals surface area contributed by atoms with Crippen molar-refractivity contribution in [3.8, 4) is 0 Å². The van der Waals surface area contributed by atoms with Crippen molar-refractivity contribution < 1.29 is 0 Å². The molecular formula is C17H24N6O2. The highest BCUT2D eigenvalue weighted by atomic mass is 16.2. The maximum atomic E-state index is 13.1. The van der Waals surface area contributed by atoms with Gasteiger partial charge in [-0.3, -0.25) is 18.5 Å². The molecule has 0 aliphatic carbocycles. The third-order valence-corrected chi connectivity index (χ3v) is 4.70. The van der Waals surface area contributed by atoms with Gasteiger partial charge in [0.2, 0.25) is 5.95 Å². The second kappa shape index (κ2) is 6.34. The summed E-state index contributed by atoms with van der Waals surface area (Å²) in [5.41, 5.74) is 1.10. The van der Waals surface area contributed by atoms with E-state index in [1.807, 2.05) is 25.3 Å². The summed E-state index contributed by atoms with van der Waals surface area (Å²) in [6.07, 6.45) is 3.42. The van der Waals surface area contributed by atoms with Crippen LogP contribution in [0.5, 0.6) is 0 Å². The Balaban J connectivity index is 2.36. The van der Waals surface area contributed by atoms with Crippen LogP contribution in [-0.2, 0) is 13.6 Å². The molecule has 0 spiro atoms. The summed E-state index contributed by atoms with van der Waals surface area (Å²) >= 11 is 0. The van der Waals surface area contributed by atoms with Crippen molar-refractivity contribution in [1.29, 1.82) is 0 Å². The molecule has 25 heavy (non-hydrogen) atoms. The lowest BCUT2D eigenvalue weighted by Crippen LogP contribution is -2.40. The molecule has 134 valence electrons. The second-order valence-electron chi connectivity index (χ2n) is 6.39. The van der Waals surface area contributed by atoms with Crippen LogP contribution in [0.15, 0.2) is 27.3 Å². The van der Waals surface area contributed by atoms with E-state index in [-0.39, 0.29) is 17.3 Å². The minimum Gasteiger partial charge on any atom is -0.294 e. The summed E-state index contributed by atoms with van der Waals surface area (Å²) in [5.74, 6) is 0.563. The van der Waals surface area contributed by atoms with Gasteiger partial charge in [0.1, 0.15) is 0 Å². The maximum absolute atomic E-state index is 13.1. The molecule has 3 heterocycles. The first kappa shape index (κ1) is 17.2. The van der Waals surface area contributed by atoms with Crippen LogP contribution < -0.4 is 16.3 Å². The van der Waals surface area contributed by atoms with E-state index in [0.29, 0.717) is 30.2 Å². The second-order valence-corrected chi connectivity index (χ2v) is 6.39. The number of fused-ring (bicyclic) bond motifs is 3. The Labute approximate surface area is 145 Å². The quantitative estimate of drug-likeness (QED) is 0.773. The number of rotatable bonds is 5. The monoisotopic (exact) mass is 344 g/mol. The highest BCUT2D eigenvalue weighted by Gasteiger charge is 2.30. The van der Waals surface area contributed by atoms with Gasteiger partial charge in [0.15, 0.2) is 11.2 Å². The first-order valence-electron chi connectivity index (χ1n) is 8.57. The van der Waals surface area contributed by atoms with Crippen LogP contribution in [-0.4, -0.2) is 30.9 Å². The number of aryl methyl sites for hydroxylation is 1. The van der Waals surface area contributed by atoms with Crippen LogP contribution >= 0.6 is 0 Å². The molecule has 0 bridgehead atoms. The molecule has 0 N–H and O–H groups in total. The van der Waals surface area contributed by atoms with E-state index in [2.05, 4.69) is 16.7 Å². The number of hydrazone groups is 1. The molecule has 0 unspecified atom stereocenters. The maximum Gasteiger partial charge on any atom is 0.332 e. The van der Waals surface area contributed by atoms with E-state index in [1.165, 1.54) is 9.13 Å². The molecule has 8 heteroatoms. The molecule has 0 saturated heterocycles. The third kappa shape index (κ3) is 2.52. The Hall–Kier alpha value is -2.64. The van der Waals surface area contributed by atoms with E-state index < -0.39 is 0 Å². The summed E-state index contributed by atoms with van der Waals surface area (Å²) in [5, 5.41) is 6.25. The zero-order valence-corrected chi connectivity index (χ0v) is 15.2. The van der Waals surface area contributed by atoms with Crippen LogP contribution in [0.4, 0.5) is 5.95 Å². The molecule has 1 aliphatic heterocycles. The molecule has 0 fully saturated rings. The highest BCUT2D eigenvalue weighted by molar-refractivity contribution is 5.91. The van der Waals surface area contributed by atoms with E-state index in [0.717, 1.165) is 18.6 Å². The number of nitrogens with zero attached hydrogens (tertiary/aromatic N) is 6. The Morgan fingerprint density at radius 1 is 1.32 bits per heavy atom. The lowest BCUT2D eigenvalue weighted by molar-refractivity contribution is 0.563. The molecule has 0 amide bonds. The summed E-state index contributed by atoms with van der Waals surface area (Å²) in [4.78, 5) is 30.2. The number of anilines is 1. The van der Waals surface area contributed by atoms with Gasteiger partial charge < -0.3 is 0 Å². The zero-order chi connectivity index (χ0) is 18.3. The van der Waals surface area contributed by atoms with Crippen LogP contribution in [0.2, 0.25) is 0 Å². The summed E-state index contributed by atoms with van der Waals surface area (Å²) in [6.45, 7) is 10.6. The SMILES string of the molecule is C=CCN1N=C(C)[C@H](C)n2c1nc1c2c(=O)n(CCCC)c(=O)n1C. The summed E-state index contributed by atoms with van der Waals surface area (Å²) in [7, 11) is 1.65. The smallest absolute Gasteiger partial charge is 0.294 e. The lowest BCUT2D eigenvalue weighted by Gasteiger charge is -2.28. The van der Waals surface area contributed by atoms with Crippen molar-refractivity contribution >= 4 is 22.8 Å². The van der Waals surface area contributed by atoms with Gasteiger partial charge in [-0.25, -0.2) is 9.80 Å². The minimum atomic E-state index is -0.332. The van der Waals surface area contributed by atoms with Crippen LogP contribution in [0.3, 0.4) is 0 Å². The number of unbranched alkanes of at least 4 members (excludes halogenated alkanes) is 1. The van der Waals surface area contributed by atoms with E-state index in [1.54, 1.807) is 18.1 Å². The standard InChI is InChI=1S/C17H24N6O2/c1-6-8-10-21-15(24)13-14(20(5)17(21)25)18-16-22(9-7-2)19-11(3)12(4)23(13)16/h7,12H,2,6,8-10H2,1,3-5H3/t12-/m0/s1. The largest absolute Gasteiger partial charge is 0.332 e. The van der Waals surface area contributed by atoms with Gasteiger partial charge in [0, 0.05) is 13.6 Å². The molecular weight excluding hydrogens is 320 g/mol. The Bertz CT molecular complexity index is 978. The molecule has 1 aliphatic rings. The predicted molar refractivity (Wildman–Crippen MR) is 99.5 cm³/mol. The molecule has 1 atom stereocenters. The van der Waals surface area contributed by atoms with Gasteiger partial charge in [0.05, 0.1) is 18.3 Å². The van der Waals surface area contributed by atoms with E-state index in [4.69, 9.17) is 0 Å². The van der Waals surface area contributed by atoms with E-state index >= 15 is 0 Å². The Morgan fingerprint density at radius 3 is 2.68 bits per heavy atom. The van der Waals surface area contributed by atoms with Crippen molar-refractivity contribution in [2.75, 3.05) is 11.6 Å². The van der Waals surface area contributed by atoms with Crippen LogP contribution in [0.25, 0.3) is 11.2 Å². The van der Waals surface area contributed by atoms with Gasteiger partial charge in [-0.2, -0.15) is 10.1 Å². The average molecular weight is 344 g/mol. The molecule has 2 aromatic heterocycles. The summed E-state index contributed by atoms with van der Waals surface area (Å²) < 4.78 is 4.64. The summed E-state index contributed by atoms with van der Waals surface area (Å²) in [6, 6.07) is -0.106. The zero-order valence-electron chi connectivity index (χ0n) is 15.2. The molecule has 8 nitrogen and oxygen atoms in total. The molecule has 0 aromatic carbocycles. The van der Waals surface area contributed by atoms with Gasteiger partial charge in [-0.05, 0) is 20.3 Å². The fourth-order valence-corrected chi connectivity index (χ4v) is 3.14. The van der Waals surface area contributed by atoms with E-state index in [9.17, 15) is 9.59 Å². The normalized spacial score (nSPS) is 16.9. The number of hydrogen-bond donors (Lipinski definition) is 0. The minimum absolute atomic E-state index is 0.106. The first-order chi connectivity index (χ1) is 11.9. The molecule has 0 radical (unpaired) electrons. The van der Waals surface area contributed by atoms with Gasteiger partial charge in [-0.15, -0.1) is 6.58 Å². The topological polar surface area (TPSA) is 77.4 Å². The van der Waals surface area contributed by atoms with Gasteiger partial charge >= 0.3 is 5.69 Å². The molecule has 3 rings (SSSR count). The highest BCUT2D eigenvalue weighted by Crippen LogP contribution is 2.29. The van der Waals surface area contributed by atoms with Crippen molar-refractivity contribution in [3.05, 3.63) is 33.5 Å². The molecule has 2 aromatic rings. The van der Waals surface area contributed by atoms with Gasteiger partial charge in [-0.1, -0.05) is 19.4 Å². The Morgan fingerprint density at radius 2 is 2.04 bits per heavy atom. The average Bonchev–Trinajstić information content (AvgIpc) is 2.99. The van der Waals surface area contributed by atoms with Crippen molar-refractivity contribution in [3.63, 3.8) is 0 Å². The first-order valence-corrected chi connectivity index (χ1v) is 8.57. The number of imidazole rings is 1. The number of aromatic nitrogens is 4. The van der Waals surface area contributed by atoms with Crippen molar-refractivity contribution in [2.24, 2.45) is 12.1 Å². The fourth-order valence-electron chi connectivity index (χ4n) is 3.14. The fraction of sp³-hybridized carbons (Fsp3) is 0.529. The number of hydrogen-bond acceptors (Lipinski definition) is 5. The van der Waals surface area contributed by atoms with Crippen LogP contribution in [0, 0.1) is 0 Å². The predicted octanol–water partition coefficient (Wildman–Crippen LogP) is 1.64.